The quantitative estimate of drug-likeness (QED) is 0.861. The van der Waals surface area contributed by atoms with E-state index in [1.807, 2.05) is 0 Å². The number of amides is 2. The Kier molecular flexibility index (Phi) is 4.16. The molecule has 102 valence electrons. The van der Waals surface area contributed by atoms with Crippen molar-refractivity contribution in [3.05, 3.63) is 29.8 Å². The molecule has 5 nitrogen and oxygen atoms in total. The van der Waals surface area contributed by atoms with E-state index < -0.39 is 0 Å². The topological polar surface area (TPSA) is 69.6 Å². The lowest BCUT2D eigenvalue weighted by Crippen LogP contribution is -2.37. The van der Waals surface area contributed by atoms with Gasteiger partial charge in [0, 0.05) is 24.7 Å². The lowest BCUT2D eigenvalue weighted by molar-refractivity contribution is -0.114. The highest BCUT2D eigenvalue weighted by atomic mass is 16.3. The number of benzene rings is 1. The van der Waals surface area contributed by atoms with Gasteiger partial charge in [-0.15, -0.1) is 0 Å². The van der Waals surface area contributed by atoms with Crippen LogP contribution in [-0.4, -0.2) is 41.0 Å². The van der Waals surface area contributed by atoms with Crippen molar-refractivity contribution in [1.29, 1.82) is 0 Å². The van der Waals surface area contributed by atoms with E-state index in [0.29, 0.717) is 17.8 Å². The summed E-state index contributed by atoms with van der Waals surface area (Å²) < 4.78 is 0. The van der Waals surface area contributed by atoms with Crippen LogP contribution in [0.4, 0.5) is 5.69 Å². The predicted molar refractivity (Wildman–Crippen MR) is 71.9 cm³/mol. The van der Waals surface area contributed by atoms with Crippen LogP contribution in [0, 0.1) is 0 Å². The van der Waals surface area contributed by atoms with E-state index in [2.05, 4.69) is 5.32 Å². The molecule has 0 aliphatic carbocycles. The molecule has 1 aromatic carbocycles. The zero-order chi connectivity index (χ0) is 13.8. The highest BCUT2D eigenvalue weighted by Crippen LogP contribution is 2.21. The van der Waals surface area contributed by atoms with E-state index in [9.17, 15) is 14.7 Å². The maximum absolute atomic E-state index is 12.4. The fraction of sp³-hybridized carbons (Fsp3) is 0.429. The van der Waals surface area contributed by atoms with Crippen molar-refractivity contribution in [2.24, 2.45) is 0 Å². The molecule has 0 unspecified atom stereocenters. The minimum atomic E-state index is -0.168. The maximum atomic E-state index is 12.4. The third kappa shape index (κ3) is 3.12. The van der Waals surface area contributed by atoms with E-state index in [4.69, 9.17) is 0 Å². The number of carbonyl (C=O) groups excluding carboxylic acids is 2. The van der Waals surface area contributed by atoms with Crippen molar-refractivity contribution in [2.75, 3.05) is 18.5 Å². The van der Waals surface area contributed by atoms with Crippen molar-refractivity contribution in [1.82, 2.24) is 4.90 Å². The van der Waals surface area contributed by atoms with Crippen LogP contribution >= 0.6 is 0 Å². The van der Waals surface area contributed by atoms with Crippen LogP contribution in [0.2, 0.25) is 0 Å². The van der Waals surface area contributed by atoms with E-state index in [1.165, 1.54) is 6.92 Å². The number of hydrogen-bond donors (Lipinski definition) is 2. The summed E-state index contributed by atoms with van der Waals surface area (Å²) in [6.45, 7) is 2.10. The van der Waals surface area contributed by atoms with Crippen molar-refractivity contribution in [2.45, 2.75) is 25.8 Å². The van der Waals surface area contributed by atoms with Gasteiger partial charge in [-0.2, -0.15) is 0 Å². The SMILES string of the molecule is CC(=O)Nc1cccc(C(=O)N2CCC[C@H]2CO)c1. The van der Waals surface area contributed by atoms with Gasteiger partial charge in [-0.25, -0.2) is 0 Å². The number of hydrogen-bond acceptors (Lipinski definition) is 3. The summed E-state index contributed by atoms with van der Waals surface area (Å²) in [5.41, 5.74) is 1.14. The van der Waals surface area contributed by atoms with Crippen molar-refractivity contribution < 1.29 is 14.7 Å². The van der Waals surface area contributed by atoms with E-state index in [-0.39, 0.29) is 24.5 Å². The normalized spacial score (nSPS) is 18.4. The van der Waals surface area contributed by atoms with E-state index in [1.54, 1.807) is 29.2 Å². The molecule has 0 bridgehead atoms. The molecule has 0 aromatic heterocycles. The summed E-state index contributed by atoms with van der Waals surface area (Å²) in [6, 6.07) is 6.78. The zero-order valence-corrected chi connectivity index (χ0v) is 10.9. The van der Waals surface area contributed by atoms with Crippen LogP contribution in [-0.2, 0) is 4.79 Å². The van der Waals surface area contributed by atoms with Crippen LogP contribution < -0.4 is 5.32 Å². The van der Waals surface area contributed by atoms with Crippen molar-refractivity contribution in [3.63, 3.8) is 0 Å². The number of nitrogens with one attached hydrogen (secondary N) is 1. The van der Waals surface area contributed by atoms with Gasteiger partial charge in [-0.1, -0.05) is 6.07 Å². The minimum Gasteiger partial charge on any atom is -0.394 e. The Balaban J connectivity index is 2.16. The number of rotatable bonds is 3. The Morgan fingerprint density at radius 2 is 2.26 bits per heavy atom. The van der Waals surface area contributed by atoms with Gasteiger partial charge < -0.3 is 15.3 Å². The first-order chi connectivity index (χ1) is 9.11. The Morgan fingerprint density at radius 1 is 1.47 bits per heavy atom. The summed E-state index contributed by atoms with van der Waals surface area (Å²) >= 11 is 0. The largest absolute Gasteiger partial charge is 0.394 e. The molecule has 1 fully saturated rings. The number of likely N-dealkylation sites (tertiary alicyclic amines) is 1. The molecule has 1 aliphatic heterocycles. The summed E-state index contributed by atoms with van der Waals surface area (Å²) in [6.07, 6.45) is 1.76. The smallest absolute Gasteiger partial charge is 0.254 e. The van der Waals surface area contributed by atoms with Crippen LogP contribution in [0.25, 0.3) is 0 Å². The molecule has 0 radical (unpaired) electrons. The second kappa shape index (κ2) is 5.84. The lowest BCUT2D eigenvalue weighted by Gasteiger charge is -2.23. The Morgan fingerprint density at radius 3 is 2.95 bits per heavy atom. The van der Waals surface area contributed by atoms with Crippen LogP contribution in [0.3, 0.4) is 0 Å². The van der Waals surface area contributed by atoms with Gasteiger partial charge in [0.15, 0.2) is 0 Å². The van der Waals surface area contributed by atoms with Crippen LogP contribution in [0.5, 0.6) is 0 Å². The molecule has 1 aliphatic rings. The molecule has 1 saturated heterocycles. The highest BCUT2D eigenvalue weighted by Gasteiger charge is 2.28. The fourth-order valence-corrected chi connectivity index (χ4v) is 2.39. The molecule has 1 heterocycles. The van der Waals surface area contributed by atoms with Gasteiger partial charge in [0.1, 0.15) is 0 Å². The molecule has 19 heavy (non-hydrogen) atoms. The third-order valence-electron chi connectivity index (χ3n) is 3.28. The molecule has 2 rings (SSSR count). The molecule has 2 N–H and O–H groups in total. The Labute approximate surface area is 112 Å². The lowest BCUT2D eigenvalue weighted by atomic mass is 10.1. The van der Waals surface area contributed by atoms with Gasteiger partial charge in [0.25, 0.3) is 5.91 Å². The third-order valence-corrected chi connectivity index (χ3v) is 3.28. The average Bonchev–Trinajstić information content (AvgIpc) is 2.85. The van der Waals surface area contributed by atoms with Gasteiger partial charge in [-0.3, -0.25) is 9.59 Å². The second-order valence-electron chi connectivity index (χ2n) is 4.74. The van der Waals surface area contributed by atoms with E-state index in [0.717, 1.165) is 12.8 Å². The Bertz CT molecular complexity index is 487. The Hall–Kier alpha value is -1.88. The summed E-state index contributed by atoms with van der Waals surface area (Å²) in [7, 11) is 0. The van der Waals surface area contributed by atoms with Gasteiger partial charge >= 0.3 is 0 Å². The molecule has 5 heteroatoms. The number of anilines is 1. The van der Waals surface area contributed by atoms with Crippen molar-refractivity contribution in [3.8, 4) is 0 Å². The molecule has 2 amide bonds. The minimum absolute atomic E-state index is 0.00285. The maximum Gasteiger partial charge on any atom is 0.254 e. The summed E-state index contributed by atoms with van der Waals surface area (Å²) in [5, 5.41) is 11.9. The molecular weight excluding hydrogens is 244 g/mol. The molecule has 1 aromatic rings. The fourth-order valence-electron chi connectivity index (χ4n) is 2.39. The number of aliphatic hydroxyl groups is 1. The zero-order valence-electron chi connectivity index (χ0n) is 10.9. The molecular formula is C14H18N2O3. The first-order valence-corrected chi connectivity index (χ1v) is 6.41. The average molecular weight is 262 g/mol. The first kappa shape index (κ1) is 13.5. The molecule has 0 saturated carbocycles. The highest BCUT2D eigenvalue weighted by molar-refractivity contribution is 5.97. The molecule has 0 spiro atoms. The standard InChI is InChI=1S/C14H18N2O3/c1-10(18)15-12-5-2-4-11(8-12)14(19)16-7-3-6-13(16)9-17/h2,4-5,8,13,17H,3,6-7,9H2,1H3,(H,15,18)/t13-/m0/s1. The second-order valence-corrected chi connectivity index (χ2v) is 4.74. The van der Waals surface area contributed by atoms with Gasteiger partial charge in [-0.05, 0) is 31.0 Å². The van der Waals surface area contributed by atoms with Crippen LogP contribution in [0.15, 0.2) is 24.3 Å². The number of aliphatic hydroxyl groups excluding tert-OH is 1. The summed E-state index contributed by atoms with van der Waals surface area (Å²) in [4.78, 5) is 25.1. The van der Waals surface area contributed by atoms with Gasteiger partial charge in [0.05, 0.1) is 12.6 Å². The summed E-state index contributed by atoms with van der Waals surface area (Å²) in [5.74, 6) is -0.261. The van der Waals surface area contributed by atoms with Crippen LogP contribution in [0.1, 0.15) is 30.1 Å². The number of carbonyl (C=O) groups is 2. The monoisotopic (exact) mass is 262 g/mol. The molecule has 1 atom stereocenters. The van der Waals surface area contributed by atoms with Crippen molar-refractivity contribution >= 4 is 17.5 Å². The van der Waals surface area contributed by atoms with E-state index >= 15 is 0 Å². The van der Waals surface area contributed by atoms with Gasteiger partial charge in [0.2, 0.25) is 5.91 Å². The first-order valence-electron chi connectivity index (χ1n) is 6.41. The predicted octanol–water partition coefficient (Wildman–Crippen LogP) is 1.24. The number of nitrogens with zero attached hydrogens (tertiary/aromatic N) is 1.